The average Bonchev–Trinajstić information content (AvgIpc) is 2.93. The third-order valence-electron chi connectivity index (χ3n) is 3.80. The highest BCUT2D eigenvalue weighted by molar-refractivity contribution is 5.80. The zero-order chi connectivity index (χ0) is 17.2. The molecule has 6 heteroatoms. The van der Waals surface area contributed by atoms with Gasteiger partial charge in [0.25, 0.3) is 0 Å². The normalized spacial score (nSPS) is 11.6. The number of nitrogens with zero attached hydrogens (tertiary/aromatic N) is 3. The maximum absolute atomic E-state index is 12.7. The van der Waals surface area contributed by atoms with E-state index in [0.717, 1.165) is 23.2 Å². The second-order valence-electron chi connectivity index (χ2n) is 5.41. The molecule has 0 unspecified atom stereocenters. The first-order valence-corrected chi connectivity index (χ1v) is 7.50. The largest absolute Gasteiger partial charge is 0.416 e. The number of aromatic nitrogens is 2. The fraction of sp³-hybridized carbons (Fsp3) is 0.222. The number of nitriles is 1. The van der Waals surface area contributed by atoms with Crippen molar-refractivity contribution in [2.24, 2.45) is 0 Å². The van der Waals surface area contributed by atoms with Crippen LogP contribution in [0.1, 0.15) is 18.4 Å². The van der Waals surface area contributed by atoms with E-state index in [1.807, 2.05) is 28.8 Å². The van der Waals surface area contributed by atoms with Crippen molar-refractivity contribution in [3.05, 3.63) is 54.1 Å². The van der Waals surface area contributed by atoms with Gasteiger partial charge in [-0.1, -0.05) is 24.3 Å². The molecule has 0 spiro atoms. The van der Waals surface area contributed by atoms with Crippen molar-refractivity contribution in [2.45, 2.75) is 25.6 Å². The lowest BCUT2D eigenvalue weighted by Crippen LogP contribution is -2.05. The van der Waals surface area contributed by atoms with E-state index >= 15 is 0 Å². The summed E-state index contributed by atoms with van der Waals surface area (Å²) < 4.78 is 40.1. The number of hydrogen-bond donors (Lipinski definition) is 0. The van der Waals surface area contributed by atoms with E-state index in [1.165, 1.54) is 12.1 Å². The van der Waals surface area contributed by atoms with Crippen LogP contribution in [-0.4, -0.2) is 9.55 Å². The van der Waals surface area contributed by atoms with Crippen LogP contribution in [0.4, 0.5) is 13.2 Å². The molecule has 0 saturated heterocycles. The molecule has 0 aliphatic carbocycles. The minimum atomic E-state index is -4.36. The van der Waals surface area contributed by atoms with Crippen molar-refractivity contribution in [3.63, 3.8) is 0 Å². The van der Waals surface area contributed by atoms with Gasteiger partial charge in [0.05, 0.1) is 22.7 Å². The van der Waals surface area contributed by atoms with E-state index in [2.05, 4.69) is 11.1 Å². The van der Waals surface area contributed by atoms with Gasteiger partial charge in [-0.05, 0) is 30.7 Å². The molecule has 122 valence electrons. The zero-order valence-corrected chi connectivity index (χ0v) is 12.7. The van der Waals surface area contributed by atoms with E-state index in [1.54, 1.807) is 0 Å². The SMILES string of the molecule is N#CCCCn1c(-c2ccc(C(F)(F)F)cc2)nc2ccccc21. The zero-order valence-electron chi connectivity index (χ0n) is 12.7. The first kappa shape index (κ1) is 16.1. The quantitative estimate of drug-likeness (QED) is 0.630. The Hall–Kier alpha value is -2.81. The van der Waals surface area contributed by atoms with Crippen molar-refractivity contribution in [1.82, 2.24) is 9.55 Å². The molecule has 24 heavy (non-hydrogen) atoms. The Balaban J connectivity index is 2.04. The predicted octanol–water partition coefficient (Wildman–Crippen LogP) is 5.03. The maximum Gasteiger partial charge on any atom is 0.416 e. The van der Waals surface area contributed by atoms with Crippen LogP contribution in [0.2, 0.25) is 0 Å². The van der Waals surface area contributed by atoms with Crippen molar-refractivity contribution in [2.75, 3.05) is 0 Å². The molecule has 0 saturated carbocycles. The van der Waals surface area contributed by atoms with Gasteiger partial charge in [0, 0.05) is 18.5 Å². The monoisotopic (exact) mass is 329 g/mol. The second kappa shape index (κ2) is 6.36. The molecule has 1 aromatic heterocycles. The van der Waals surface area contributed by atoms with Crippen molar-refractivity contribution < 1.29 is 13.2 Å². The molecule has 0 radical (unpaired) electrons. The molecule has 3 nitrogen and oxygen atoms in total. The Morgan fingerprint density at radius 1 is 1.04 bits per heavy atom. The maximum atomic E-state index is 12.7. The molecule has 0 fully saturated rings. The number of fused-ring (bicyclic) bond motifs is 1. The van der Waals surface area contributed by atoms with Crippen LogP contribution in [-0.2, 0) is 12.7 Å². The highest BCUT2D eigenvalue weighted by atomic mass is 19.4. The highest BCUT2D eigenvalue weighted by Gasteiger charge is 2.30. The van der Waals surface area contributed by atoms with Crippen LogP contribution < -0.4 is 0 Å². The van der Waals surface area contributed by atoms with E-state index < -0.39 is 11.7 Å². The van der Waals surface area contributed by atoms with Crippen molar-refractivity contribution in [1.29, 1.82) is 5.26 Å². The van der Waals surface area contributed by atoms with Gasteiger partial charge in [-0.15, -0.1) is 0 Å². The summed E-state index contributed by atoms with van der Waals surface area (Å²) in [5.74, 6) is 0.614. The average molecular weight is 329 g/mol. The Kier molecular flexibility index (Phi) is 4.26. The van der Waals surface area contributed by atoms with Gasteiger partial charge in [-0.2, -0.15) is 18.4 Å². The highest BCUT2D eigenvalue weighted by Crippen LogP contribution is 2.31. The Bertz CT molecular complexity index is 886. The predicted molar refractivity (Wildman–Crippen MR) is 85.0 cm³/mol. The summed E-state index contributed by atoms with van der Waals surface area (Å²) in [7, 11) is 0. The lowest BCUT2D eigenvalue weighted by atomic mass is 10.1. The van der Waals surface area contributed by atoms with Crippen LogP contribution in [0, 0.1) is 11.3 Å². The number of unbranched alkanes of at least 4 members (excludes halogenated alkanes) is 1. The summed E-state index contributed by atoms with van der Waals surface area (Å²) in [6, 6.07) is 14.6. The van der Waals surface area contributed by atoms with Crippen LogP contribution in [0.5, 0.6) is 0 Å². The number of aryl methyl sites for hydroxylation is 1. The minimum absolute atomic E-state index is 0.416. The third kappa shape index (κ3) is 3.11. The molecule has 3 rings (SSSR count). The number of alkyl halides is 3. The molecule has 0 aliphatic heterocycles. The molecule has 3 aromatic rings. The van der Waals surface area contributed by atoms with E-state index in [-0.39, 0.29) is 0 Å². The number of imidazole rings is 1. The van der Waals surface area contributed by atoms with Gasteiger partial charge in [-0.25, -0.2) is 4.98 Å². The van der Waals surface area contributed by atoms with Crippen molar-refractivity contribution in [3.8, 4) is 17.5 Å². The standard InChI is InChI=1S/C18H14F3N3/c19-18(20,21)14-9-7-13(8-10-14)17-23-15-5-1-2-6-16(15)24(17)12-4-3-11-22/h1-2,5-10H,3-4,12H2. The van der Waals surface area contributed by atoms with Gasteiger partial charge in [0.15, 0.2) is 0 Å². The van der Waals surface area contributed by atoms with Gasteiger partial charge < -0.3 is 4.57 Å². The van der Waals surface area contributed by atoms with E-state index in [9.17, 15) is 13.2 Å². The van der Waals surface area contributed by atoms with Crippen LogP contribution >= 0.6 is 0 Å². The first-order valence-electron chi connectivity index (χ1n) is 7.50. The summed E-state index contributed by atoms with van der Waals surface area (Å²) >= 11 is 0. The Labute approximate surface area is 137 Å². The lowest BCUT2D eigenvalue weighted by Gasteiger charge is -2.10. The number of hydrogen-bond acceptors (Lipinski definition) is 2. The number of para-hydroxylation sites is 2. The fourth-order valence-corrected chi connectivity index (χ4v) is 2.65. The second-order valence-corrected chi connectivity index (χ2v) is 5.41. The summed E-state index contributed by atoms with van der Waals surface area (Å²) in [6.45, 7) is 0.588. The molecule has 0 bridgehead atoms. The topological polar surface area (TPSA) is 41.6 Å². The smallest absolute Gasteiger partial charge is 0.324 e. The number of halogens is 3. The Morgan fingerprint density at radius 3 is 2.42 bits per heavy atom. The van der Waals surface area contributed by atoms with Gasteiger partial charge in [-0.3, -0.25) is 0 Å². The molecule has 0 aliphatic rings. The Morgan fingerprint density at radius 2 is 1.75 bits per heavy atom. The summed E-state index contributed by atoms with van der Waals surface area (Å²) in [4.78, 5) is 4.55. The minimum Gasteiger partial charge on any atom is -0.324 e. The van der Waals surface area contributed by atoms with Crippen LogP contribution in [0.15, 0.2) is 48.5 Å². The molecule has 0 amide bonds. The number of rotatable bonds is 4. The molecule has 2 aromatic carbocycles. The van der Waals surface area contributed by atoms with Gasteiger partial charge >= 0.3 is 6.18 Å². The third-order valence-corrected chi connectivity index (χ3v) is 3.80. The molecular formula is C18H14F3N3. The summed E-state index contributed by atoms with van der Waals surface area (Å²) in [5.41, 5.74) is 1.63. The fourth-order valence-electron chi connectivity index (χ4n) is 2.65. The number of benzene rings is 2. The molecular weight excluding hydrogens is 315 g/mol. The van der Waals surface area contributed by atoms with Crippen molar-refractivity contribution >= 4 is 11.0 Å². The summed E-state index contributed by atoms with van der Waals surface area (Å²) in [6.07, 6.45) is -3.28. The van der Waals surface area contributed by atoms with E-state index in [0.29, 0.717) is 30.8 Å². The molecule has 0 N–H and O–H groups in total. The summed E-state index contributed by atoms with van der Waals surface area (Å²) in [5, 5.41) is 8.72. The van der Waals surface area contributed by atoms with Crippen LogP contribution in [0.3, 0.4) is 0 Å². The van der Waals surface area contributed by atoms with Gasteiger partial charge in [0.2, 0.25) is 0 Å². The molecule has 0 atom stereocenters. The van der Waals surface area contributed by atoms with E-state index in [4.69, 9.17) is 5.26 Å². The molecule has 1 heterocycles. The van der Waals surface area contributed by atoms with Crippen LogP contribution in [0.25, 0.3) is 22.4 Å². The first-order chi connectivity index (χ1) is 11.5. The lowest BCUT2D eigenvalue weighted by molar-refractivity contribution is -0.137. The van der Waals surface area contributed by atoms with Gasteiger partial charge in [0.1, 0.15) is 5.82 Å².